The molecule has 10 nitrogen and oxygen atoms in total. The van der Waals surface area contributed by atoms with Crippen molar-refractivity contribution < 1.29 is 32.5 Å². The number of quaternary nitrogens is 1. The lowest BCUT2D eigenvalue weighted by atomic mass is 9.63. The van der Waals surface area contributed by atoms with E-state index in [9.17, 15) is 18.4 Å². The van der Waals surface area contributed by atoms with E-state index in [0.29, 0.717) is 42.4 Å². The second kappa shape index (κ2) is 12.4. The number of aliphatic imine (C=N–C) groups is 1. The van der Waals surface area contributed by atoms with Gasteiger partial charge < -0.3 is 24.5 Å². The zero-order valence-corrected chi connectivity index (χ0v) is 25.6. The lowest BCUT2D eigenvalue weighted by Gasteiger charge is -2.50. The first kappa shape index (κ1) is 30.5. The zero-order chi connectivity index (χ0) is 30.8. The van der Waals surface area contributed by atoms with Crippen LogP contribution < -0.4 is 14.5 Å². The standard InChI is InChI=1S/C32H37N3O7S/c1-5-41-25-16-27(31-32(17-25)20-33-18-24(32)15-30(35(31)37)42-6-2)26-12-11-22(13-21(26)3)19-43(38,39)34-29(36)14-23-9-7-8-10-28(23)40-4/h7-13,15,17-18,20,27,31,35H,5-6,14,16,19H2,1-4H3,(H,34,36). The van der Waals surface area contributed by atoms with E-state index in [1.54, 1.807) is 48.7 Å². The van der Waals surface area contributed by atoms with Gasteiger partial charge in [0.05, 0.1) is 38.3 Å². The number of nitrogens with zero attached hydrogens (tertiary/aromatic N) is 1. The summed E-state index contributed by atoms with van der Waals surface area (Å²) in [5, 5.41) is 13.8. The minimum absolute atomic E-state index is 0.0899. The monoisotopic (exact) mass is 607 g/mol. The molecule has 3 aliphatic rings. The molecule has 0 saturated heterocycles. The van der Waals surface area contributed by atoms with E-state index in [-0.39, 0.29) is 23.2 Å². The van der Waals surface area contributed by atoms with Crippen LogP contribution in [0.15, 0.2) is 83.0 Å². The average Bonchev–Trinajstić information content (AvgIpc) is 3.34. The number of rotatable bonds is 11. The van der Waals surface area contributed by atoms with Crippen LogP contribution in [0.5, 0.6) is 5.75 Å². The van der Waals surface area contributed by atoms with E-state index in [2.05, 4.69) is 9.71 Å². The highest BCUT2D eigenvalue weighted by Crippen LogP contribution is 2.49. The fraction of sp³-hybridized carbons (Fsp3) is 0.375. The number of carbonyl (C=O) groups is 1. The second-order valence-electron chi connectivity index (χ2n) is 10.9. The number of aryl methyl sites for hydroxylation is 1. The molecule has 5 rings (SSSR count). The van der Waals surface area contributed by atoms with Crippen LogP contribution in [-0.2, 0) is 36.5 Å². The van der Waals surface area contributed by atoms with E-state index in [1.807, 2.05) is 39.1 Å². The summed E-state index contributed by atoms with van der Waals surface area (Å²) in [5.74, 6) is 0.345. The van der Waals surface area contributed by atoms with E-state index >= 15 is 0 Å². The summed E-state index contributed by atoms with van der Waals surface area (Å²) in [6, 6.07) is 11.9. The molecule has 1 spiro atoms. The number of carbonyl (C=O) groups excluding carboxylic acids is 1. The number of sulfonamides is 1. The van der Waals surface area contributed by atoms with Crippen LogP contribution in [0.2, 0.25) is 0 Å². The molecule has 4 atom stereocenters. The lowest BCUT2D eigenvalue weighted by molar-refractivity contribution is -0.862. The van der Waals surface area contributed by atoms with Crippen molar-refractivity contribution in [2.75, 3.05) is 20.3 Å². The second-order valence-corrected chi connectivity index (χ2v) is 12.6. The van der Waals surface area contributed by atoms with Crippen molar-refractivity contribution in [2.24, 2.45) is 10.4 Å². The highest BCUT2D eigenvalue weighted by Gasteiger charge is 2.56. The van der Waals surface area contributed by atoms with Crippen molar-refractivity contribution in [1.29, 1.82) is 0 Å². The molecule has 0 radical (unpaired) electrons. The number of amides is 1. The molecule has 1 amide bonds. The Balaban J connectivity index is 1.39. The Bertz CT molecular complexity index is 1630. The quantitative estimate of drug-likeness (QED) is 0.375. The van der Waals surface area contributed by atoms with Gasteiger partial charge in [-0.1, -0.05) is 36.4 Å². The molecule has 2 aromatic rings. The maximum Gasteiger partial charge on any atom is 0.290 e. The third-order valence-corrected chi connectivity index (χ3v) is 9.34. The molecule has 43 heavy (non-hydrogen) atoms. The van der Waals surface area contributed by atoms with Gasteiger partial charge in [-0.25, -0.2) is 8.42 Å². The number of para-hydroxylation sites is 1. The lowest BCUT2D eigenvalue weighted by Crippen LogP contribution is -3.13. The highest BCUT2D eigenvalue weighted by molar-refractivity contribution is 7.89. The molecule has 2 N–H and O–H groups in total. The van der Waals surface area contributed by atoms with Gasteiger partial charge in [-0.15, -0.1) is 0 Å². The normalized spacial score (nSPS) is 24.2. The Morgan fingerprint density at radius 2 is 1.93 bits per heavy atom. The van der Waals surface area contributed by atoms with E-state index < -0.39 is 27.4 Å². The first-order valence-corrected chi connectivity index (χ1v) is 16.0. The highest BCUT2D eigenvalue weighted by atomic mass is 32.2. The Hall–Kier alpha value is -3.93. The molecule has 2 heterocycles. The number of ether oxygens (including phenoxy) is 3. The topological polar surface area (TPSA) is 131 Å². The summed E-state index contributed by atoms with van der Waals surface area (Å²) in [5.41, 5.74) is 3.01. The number of nitrogens with one attached hydrogen (secondary N) is 2. The molecule has 1 aliphatic carbocycles. The van der Waals surface area contributed by atoms with Crippen molar-refractivity contribution in [2.45, 2.75) is 51.3 Å². The molecular weight excluding hydrogens is 570 g/mol. The molecule has 0 aromatic heterocycles. The number of methoxy groups -OCH3 is 1. The smallest absolute Gasteiger partial charge is 0.290 e. The number of hydroxylamine groups is 2. The fourth-order valence-corrected chi connectivity index (χ4v) is 7.50. The van der Waals surface area contributed by atoms with Crippen molar-refractivity contribution in [3.8, 4) is 5.75 Å². The van der Waals surface area contributed by atoms with Crippen LogP contribution >= 0.6 is 0 Å². The van der Waals surface area contributed by atoms with Gasteiger partial charge in [0.15, 0.2) is 0 Å². The van der Waals surface area contributed by atoms with Crippen molar-refractivity contribution in [3.05, 3.63) is 105 Å². The summed E-state index contributed by atoms with van der Waals surface area (Å²) in [7, 11) is -2.47. The minimum atomic E-state index is -3.97. The third kappa shape index (κ3) is 6.11. The van der Waals surface area contributed by atoms with Crippen LogP contribution in [0.25, 0.3) is 0 Å². The number of hydrogen-bond donors (Lipinski definition) is 2. The number of allylic oxidation sites excluding steroid dienone is 2. The number of hydrogen-bond acceptors (Lipinski definition) is 8. The van der Waals surface area contributed by atoms with Crippen molar-refractivity contribution in [3.63, 3.8) is 0 Å². The van der Waals surface area contributed by atoms with Crippen molar-refractivity contribution in [1.82, 2.24) is 4.72 Å². The molecule has 228 valence electrons. The summed E-state index contributed by atoms with van der Waals surface area (Å²) in [4.78, 5) is 17.0. The Morgan fingerprint density at radius 3 is 2.65 bits per heavy atom. The van der Waals surface area contributed by atoms with Crippen molar-refractivity contribution >= 4 is 22.1 Å². The largest absolute Gasteiger partial charge is 0.626 e. The van der Waals surface area contributed by atoms with Crippen LogP contribution in [0.3, 0.4) is 0 Å². The summed E-state index contributed by atoms with van der Waals surface area (Å²) >= 11 is 0. The van der Waals surface area contributed by atoms with Crippen LogP contribution in [0, 0.1) is 17.5 Å². The van der Waals surface area contributed by atoms with Crippen LogP contribution in [0.4, 0.5) is 0 Å². The fourth-order valence-electron chi connectivity index (χ4n) is 6.39. The van der Waals surface area contributed by atoms with Gasteiger partial charge in [0.25, 0.3) is 5.88 Å². The Labute approximate surface area is 252 Å². The van der Waals surface area contributed by atoms with Crippen LogP contribution in [-0.4, -0.2) is 46.9 Å². The SMILES string of the molecule is CCOC1=CC23C=NC=C2C=C(OCC)[NH+]([O-])C3C(c2ccc(CS(=O)(=O)NC(=O)Cc3ccccc3OC)cc2C)C1. The van der Waals surface area contributed by atoms with Gasteiger partial charge in [-0.2, -0.15) is 0 Å². The van der Waals surface area contributed by atoms with E-state index in [0.717, 1.165) is 22.5 Å². The molecule has 0 saturated carbocycles. The Kier molecular flexibility index (Phi) is 8.77. The third-order valence-electron chi connectivity index (χ3n) is 8.08. The first-order chi connectivity index (χ1) is 20.6. The molecule has 0 bridgehead atoms. The molecule has 4 unspecified atom stereocenters. The predicted octanol–water partition coefficient (Wildman–Crippen LogP) is 3.20. The molecule has 2 aromatic carbocycles. The predicted molar refractivity (Wildman–Crippen MR) is 163 cm³/mol. The number of benzene rings is 2. The molecule has 11 heteroatoms. The molecular formula is C32H37N3O7S. The molecule has 0 fully saturated rings. The van der Waals surface area contributed by atoms with Gasteiger partial charge in [-0.3, -0.25) is 14.5 Å². The van der Waals surface area contributed by atoms with Gasteiger partial charge in [-0.05, 0) is 49.6 Å². The van der Waals surface area contributed by atoms with E-state index in [1.165, 1.54) is 7.11 Å². The zero-order valence-electron chi connectivity index (χ0n) is 24.8. The first-order valence-electron chi connectivity index (χ1n) is 14.3. The Morgan fingerprint density at radius 1 is 1.16 bits per heavy atom. The maximum atomic E-state index is 13.9. The van der Waals surface area contributed by atoms with Gasteiger partial charge in [0, 0.05) is 42.0 Å². The summed E-state index contributed by atoms with van der Waals surface area (Å²) in [6.07, 6.45) is 7.75. The summed E-state index contributed by atoms with van der Waals surface area (Å²) < 4.78 is 45.1. The van der Waals surface area contributed by atoms with Gasteiger partial charge in [0.1, 0.15) is 17.2 Å². The minimum Gasteiger partial charge on any atom is -0.626 e. The van der Waals surface area contributed by atoms with E-state index in [4.69, 9.17) is 14.2 Å². The maximum absolute atomic E-state index is 13.9. The average molecular weight is 608 g/mol. The molecule has 2 aliphatic heterocycles. The summed E-state index contributed by atoms with van der Waals surface area (Å²) in [6.45, 7) is 6.53. The van der Waals surface area contributed by atoms with Crippen LogP contribution in [0.1, 0.15) is 48.4 Å². The van der Waals surface area contributed by atoms with Gasteiger partial charge >= 0.3 is 0 Å². The van der Waals surface area contributed by atoms with Gasteiger partial charge in [0.2, 0.25) is 15.9 Å².